The second-order valence-corrected chi connectivity index (χ2v) is 8.59. The molecule has 0 aliphatic heterocycles. The summed E-state index contributed by atoms with van der Waals surface area (Å²) in [4.78, 5) is 23.3. The molecule has 0 aromatic heterocycles. The van der Waals surface area contributed by atoms with E-state index in [4.69, 9.17) is 15.9 Å². The Morgan fingerprint density at radius 2 is 1.72 bits per heavy atom. The second kappa shape index (κ2) is 11.8. The van der Waals surface area contributed by atoms with Crippen molar-refractivity contribution in [3.05, 3.63) is 60.2 Å². The molecule has 0 aliphatic carbocycles. The predicted molar refractivity (Wildman–Crippen MR) is 118 cm³/mol. The zero-order valence-corrected chi connectivity index (χ0v) is 18.1. The van der Waals surface area contributed by atoms with Crippen LogP contribution < -0.4 is 20.5 Å². The van der Waals surface area contributed by atoms with Gasteiger partial charge in [0.2, 0.25) is 15.9 Å². The Hall–Kier alpha value is -3.44. The normalized spacial score (nSPS) is 12.0. The highest BCUT2D eigenvalue weighted by molar-refractivity contribution is 7.89. The Labute approximate surface area is 186 Å². The largest absolute Gasteiger partial charge is 0.494 e. The minimum Gasteiger partial charge on any atom is -0.494 e. The maximum Gasteiger partial charge on any atom is 0.323 e. The molecular weight excluding hydrogens is 436 g/mol. The number of sulfonamides is 1. The van der Waals surface area contributed by atoms with Crippen molar-refractivity contribution in [3.8, 4) is 5.75 Å². The summed E-state index contributed by atoms with van der Waals surface area (Å²) in [7, 11) is -4.03. The van der Waals surface area contributed by atoms with Crippen molar-refractivity contribution >= 4 is 27.7 Å². The highest BCUT2D eigenvalue weighted by Gasteiger charge is 2.25. The zero-order valence-electron chi connectivity index (χ0n) is 17.3. The Bertz CT molecular complexity index is 1030. The number of amidine groups is 1. The number of nitrogens with two attached hydrogens (primary N) is 1. The van der Waals surface area contributed by atoms with E-state index in [1.165, 1.54) is 24.3 Å². The van der Waals surface area contributed by atoms with Crippen LogP contribution in [0.2, 0.25) is 0 Å². The van der Waals surface area contributed by atoms with E-state index in [-0.39, 0.29) is 29.6 Å². The van der Waals surface area contributed by atoms with Crippen LogP contribution in [0.1, 0.15) is 24.8 Å². The molecular formula is C21H26N4O6S. The van der Waals surface area contributed by atoms with Crippen LogP contribution in [-0.4, -0.2) is 50.4 Å². The molecule has 0 fully saturated rings. The molecule has 172 valence electrons. The molecule has 1 unspecified atom stereocenters. The zero-order chi connectivity index (χ0) is 23.6. The lowest BCUT2D eigenvalue weighted by molar-refractivity contribution is -0.138. The van der Waals surface area contributed by atoms with Crippen molar-refractivity contribution in [1.82, 2.24) is 10.0 Å². The molecule has 11 heteroatoms. The molecule has 1 atom stereocenters. The minimum atomic E-state index is -4.03. The molecule has 0 saturated carbocycles. The highest BCUT2D eigenvalue weighted by Crippen LogP contribution is 2.12. The summed E-state index contributed by atoms with van der Waals surface area (Å²) < 4.78 is 32.2. The van der Waals surface area contributed by atoms with Gasteiger partial charge in [0.25, 0.3) is 0 Å². The van der Waals surface area contributed by atoms with E-state index in [9.17, 15) is 23.1 Å². The number of carboxylic acid groups (broad SMARTS) is 1. The molecule has 0 heterocycles. The fraction of sp³-hybridized carbons (Fsp3) is 0.286. The number of benzene rings is 2. The third-order valence-electron chi connectivity index (χ3n) is 4.38. The van der Waals surface area contributed by atoms with Crippen molar-refractivity contribution in [2.75, 3.05) is 13.2 Å². The Balaban J connectivity index is 1.71. The number of hydrogen-bond acceptors (Lipinski definition) is 6. The average Bonchev–Trinajstić information content (AvgIpc) is 2.77. The molecule has 32 heavy (non-hydrogen) atoms. The summed E-state index contributed by atoms with van der Waals surface area (Å²) >= 11 is 0. The number of carbonyl (C=O) groups excluding carboxylic acids is 1. The summed E-state index contributed by atoms with van der Waals surface area (Å²) in [6, 6.07) is 12.6. The molecule has 6 N–H and O–H groups in total. The number of hydrogen-bond donors (Lipinski definition) is 5. The monoisotopic (exact) mass is 462 g/mol. The number of nitrogens with one attached hydrogen (secondary N) is 3. The van der Waals surface area contributed by atoms with E-state index in [2.05, 4.69) is 10.0 Å². The molecule has 10 nitrogen and oxygen atoms in total. The van der Waals surface area contributed by atoms with E-state index in [0.29, 0.717) is 30.8 Å². The van der Waals surface area contributed by atoms with Crippen molar-refractivity contribution in [1.29, 1.82) is 5.41 Å². The van der Waals surface area contributed by atoms with Gasteiger partial charge in [0.15, 0.2) is 0 Å². The Morgan fingerprint density at radius 1 is 1.06 bits per heavy atom. The Kier molecular flexibility index (Phi) is 9.17. The van der Waals surface area contributed by atoms with Crippen LogP contribution >= 0.6 is 0 Å². The summed E-state index contributed by atoms with van der Waals surface area (Å²) in [6.07, 6.45) is 1.24. The van der Waals surface area contributed by atoms with Gasteiger partial charge >= 0.3 is 5.97 Å². The van der Waals surface area contributed by atoms with Gasteiger partial charge < -0.3 is 20.9 Å². The van der Waals surface area contributed by atoms with Gasteiger partial charge in [0.1, 0.15) is 17.6 Å². The van der Waals surface area contributed by atoms with Crippen molar-refractivity contribution < 1.29 is 27.9 Å². The molecule has 1 amide bonds. The fourth-order valence-electron chi connectivity index (χ4n) is 2.65. The van der Waals surface area contributed by atoms with Gasteiger partial charge in [-0.15, -0.1) is 0 Å². The van der Waals surface area contributed by atoms with Crippen molar-refractivity contribution in [3.63, 3.8) is 0 Å². The van der Waals surface area contributed by atoms with Crippen LogP contribution in [0.15, 0.2) is 59.5 Å². The molecule has 0 aliphatic rings. The number of carboxylic acids is 1. The summed E-state index contributed by atoms with van der Waals surface area (Å²) in [5.74, 6) is -1.19. The predicted octanol–water partition coefficient (Wildman–Crippen LogP) is 1.07. The van der Waals surface area contributed by atoms with E-state index < -0.39 is 22.0 Å². The lowest BCUT2D eigenvalue weighted by Crippen LogP contribution is -2.48. The maximum atomic E-state index is 12.3. The van der Waals surface area contributed by atoms with Gasteiger partial charge in [-0.2, -0.15) is 4.72 Å². The molecule has 2 rings (SSSR count). The molecule has 2 aromatic rings. The van der Waals surface area contributed by atoms with E-state index in [0.717, 1.165) is 0 Å². The summed E-state index contributed by atoms with van der Waals surface area (Å²) in [5.41, 5.74) is 5.98. The van der Waals surface area contributed by atoms with E-state index >= 15 is 0 Å². The quantitative estimate of drug-likeness (QED) is 0.168. The second-order valence-electron chi connectivity index (χ2n) is 6.87. The molecule has 0 saturated heterocycles. The van der Waals surface area contributed by atoms with Crippen LogP contribution in [0.25, 0.3) is 0 Å². The van der Waals surface area contributed by atoms with Gasteiger partial charge in [-0.05, 0) is 49.2 Å². The Morgan fingerprint density at radius 3 is 2.31 bits per heavy atom. The summed E-state index contributed by atoms with van der Waals surface area (Å²) in [6.45, 7) is 0.000547. The number of carbonyl (C=O) groups is 2. The highest BCUT2D eigenvalue weighted by atomic mass is 32.2. The standard InChI is InChI=1S/C21H26N4O6S/c22-20(23)15-9-11-16(12-10-15)31-13-5-4-8-19(26)24-14-18(21(27)28)25-32(29,30)17-6-2-1-3-7-17/h1-3,6-7,9-12,18,25H,4-5,8,13-14H2,(H3,22,23)(H,24,26)(H,27,28). The smallest absolute Gasteiger partial charge is 0.323 e. The van der Waals surface area contributed by atoms with Crippen LogP contribution in [0, 0.1) is 5.41 Å². The SMILES string of the molecule is N=C(N)c1ccc(OCCCCC(=O)NCC(NS(=O)(=O)c2ccccc2)C(=O)O)cc1. The number of amides is 1. The van der Waals surface area contributed by atoms with Gasteiger partial charge in [-0.1, -0.05) is 18.2 Å². The lowest BCUT2D eigenvalue weighted by Gasteiger charge is -2.15. The first-order chi connectivity index (χ1) is 15.2. The summed E-state index contributed by atoms with van der Waals surface area (Å²) in [5, 5.41) is 19.1. The van der Waals surface area contributed by atoms with Crippen molar-refractivity contribution in [2.45, 2.75) is 30.2 Å². The van der Waals surface area contributed by atoms with Crippen LogP contribution in [-0.2, 0) is 19.6 Å². The van der Waals surface area contributed by atoms with Gasteiger partial charge in [-0.3, -0.25) is 15.0 Å². The van der Waals surface area contributed by atoms with Crippen LogP contribution in [0.5, 0.6) is 5.75 Å². The molecule has 2 aromatic carbocycles. The topological polar surface area (TPSA) is 172 Å². The van der Waals surface area contributed by atoms with E-state index in [1.807, 2.05) is 0 Å². The molecule has 0 bridgehead atoms. The number of unbranched alkanes of at least 4 members (excludes halogenated alkanes) is 1. The number of nitrogen functional groups attached to an aromatic ring is 1. The lowest BCUT2D eigenvalue weighted by atomic mass is 10.2. The van der Waals surface area contributed by atoms with Gasteiger partial charge in [0, 0.05) is 18.5 Å². The molecule has 0 radical (unpaired) electrons. The van der Waals surface area contributed by atoms with Crippen LogP contribution in [0.3, 0.4) is 0 Å². The van der Waals surface area contributed by atoms with Crippen molar-refractivity contribution in [2.24, 2.45) is 5.73 Å². The first kappa shape index (κ1) is 24.8. The third-order valence-corrected chi connectivity index (χ3v) is 5.87. The molecule has 0 spiro atoms. The van der Waals surface area contributed by atoms with E-state index in [1.54, 1.807) is 30.3 Å². The fourth-order valence-corrected chi connectivity index (χ4v) is 3.86. The van der Waals surface area contributed by atoms with Crippen LogP contribution in [0.4, 0.5) is 0 Å². The number of aliphatic carboxylic acids is 1. The number of ether oxygens (including phenoxy) is 1. The van der Waals surface area contributed by atoms with Gasteiger partial charge in [-0.25, -0.2) is 8.42 Å². The average molecular weight is 463 g/mol. The number of rotatable bonds is 13. The third kappa shape index (κ3) is 8.00. The maximum absolute atomic E-state index is 12.3. The first-order valence-electron chi connectivity index (χ1n) is 9.83. The first-order valence-corrected chi connectivity index (χ1v) is 11.3. The minimum absolute atomic E-state index is 0.0273. The van der Waals surface area contributed by atoms with Gasteiger partial charge in [0.05, 0.1) is 11.5 Å².